The molecule has 1 unspecified atom stereocenters. The number of hydrogen-bond acceptors (Lipinski definition) is 1. The van der Waals surface area contributed by atoms with Crippen molar-refractivity contribution in [3.63, 3.8) is 0 Å². The molecule has 1 fully saturated rings. The zero-order valence-corrected chi connectivity index (χ0v) is 12.0. The van der Waals surface area contributed by atoms with E-state index in [1.165, 1.54) is 37.8 Å². The van der Waals surface area contributed by atoms with Gasteiger partial charge in [0.2, 0.25) is 0 Å². The summed E-state index contributed by atoms with van der Waals surface area (Å²) < 4.78 is 19.7. The summed E-state index contributed by atoms with van der Waals surface area (Å²) in [5.41, 5.74) is 1.08. The molecule has 0 aromatic heterocycles. The Hall–Kier alpha value is -0.160. The molecule has 0 amide bonds. The number of halogens is 2. The molecule has 1 nitrogen and oxygen atoms in total. The molecule has 0 aliphatic heterocycles. The van der Waals surface area contributed by atoms with Crippen LogP contribution in [0.25, 0.3) is 0 Å². The lowest BCUT2D eigenvalue weighted by Gasteiger charge is -2.18. The molecule has 17 heavy (non-hydrogen) atoms. The lowest BCUT2D eigenvalue weighted by molar-refractivity contribution is 0.0454. The van der Waals surface area contributed by atoms with Crippen molar-refractivity contribution < 1.29 is 9.13 Å². The van der Waals surface area contributed by atoms with Crippen LogP contribution in [-0.4, -0.2) is 11.0 Å². The van der Waals surface area contributed by atoms with Crippen molar-refractivity contribution in [2.75, 3.05) is 11.0 Å². The first-order valence-corrected chi connectivity index (χ1v) is 7.75. The summed E-state index contributed by atoms with van der Waals surface area (Å²) in [5, 5.41) is 0. The molecule has 0 saturated heterocycles. The minimum atomic E-state index is -0.184. The third-order valence-electron chi connectivity index (χ3n) is 3.39. The van der Waals surface area contributed by atoms with Gasteiger partial charge in [-0.25, -0.2) is 4.39 Å². The standard InChI is InChI=1S/C14H18FIO/c15-13-7-5-12(6-8-13)14(9-16)17-10-11-3-1-2-4-11/h5-8,11,14H,1-4,9-10H2. The van der Waals surface area contributed by atoms with Crippen molar-refractivity contribution >= 4 is 22.6 Å². The van der Waals surface area contributed by atoms with E-state index in [1.807, 2.05) is 12.1 Å². The van der Waals surface area contributed by atoms with Gasteiger partial charge in [-0.15, -0.1) is 0 Å². The molecular formula is C14H18FIO. The van der Waals surface area contributed by atoms with Crippen LogP contribution in [0.15, 0.2) is 24.3 Å². The van der Waals surface area contributed by atoms with Crippen LogP contribution in [0.2, 0.25) is 0 Å². The highest BCUT2D eigenvalue weighted by molar-refractivity contribution is 14.1. The Morgan fingerprint density at radius 1 is 1.24 bits per heavy atom. The van der Waals surface area contributed by atoms with Gasteiger partial charge in [0, 0.05) is 4.43 Å². The maximum absolute atomic E-state index is 12.8. The molecule has 0 bridgehead atoms. The van der Waals surface area contributed by atoms with Crippen LogP contribution in [0.3, 0.4) is 0 Å². The number of ether oxygens (including phenoxy) is 1. The van der Waals surface area contributed by atoms with Gasteiger partial charge in [0.1, 0.15) is 5.82 Å². The number of hydrogen-bond donors (Lipinski definition) is 0. The molecule has 1 saturated carbocycles. The summed E-state index contributed by atoms with van der Waals surface area (Å²) >= 11 is 2.33. The minimum absolute atomic E-state index is 0.108. The number of alkyl halides is 1. The van der Waals surface area contributed by atoms with Crippen molar-refractivity contribution in [1.29, 1.82) is 0 Å². The van der Waals surface area contributed by atoms with Crippen LogP contribution >= 0.6 is 22.6 Å². The van der Waals surface area contributed by atoms with Crippen molar-refractivity contribution in [3.05, 3.63) is 35.6 Å². The highest BCUT2D eigenvalue weighted by atomic mass is 127. The summed E-state index contributed by atoms with van der Waals surface area (Å²) in [6.07, 6.45) is 5.41. The topological polar surface area (TPSA) is 9.23 Å². The van der Waals surface area contributed by atoms with Gasteiger partial charge in [0.15, 0.2) is 0 Å². The van der Waals surface area contributed by atoms with Crippen LogP contribution < -0.4 is 0 Å². The predicted octanol–water partition coefficient (Wildman–Crippen LogP) is 4.51. The third-order valence-corrected chi connectivity index (χ3v) is 4.19. The molecule has 0 N–H and O–H groups in total. The Morgan fingerprint density at radius 2 is 1.88 bits per heavy atom. The number of benzene rings is 1. The van der Waals surface area contributed by atoms with E-state index in [4.69, 9.17) is 4.74 Å². The summed E-state index contributed by atoms with van der Waals surface area (Å²) in [5.74, 6) is 0.553. The summed E-state index contributed by atoms with van der Waals surface area (Å²) in [6, 6.07) is 6.67. The maximum Gasteiger partial charge on any atom is 0.123 e. The number of rotatable bonds is 5. The quantitative estimate of drug-likeness (QED) is 0.562. The SMILES string of the molecule is Fc1ccc(C(CI)OCC2CCCC2)cc1. The summed E-state index contributed by atoms with van der Waals surface area (Å²) in [6.45, 7) is 0.852. The fourth-order valence-corrected chi connectivity index (χ4v) is 3.10. The Bertz CT molecular complexity index is 333. The molecule has 1 aromatic rings. The van der Waals surface area contributed by atoms with Gasteiger partial charge in [0.25, 0.3) is 0 Å². The summed E-state index contributed by atoms with van der Waals surface area (Å²) in [7, 11) is 0. The van der Waals surface area contributed by atoms with Crippen molar-refractivity contribution in [2.24, 2.45) is 5.92 Å². The molecule has 94 valence electrons. The monoisotopic (exact) mass is 348 g/mol. The van der Waals surface area contributed by atoms with Crippen LogP contribution in [0.5, 0.6) is 0 Å². The van der Waals surface area contributed by atoms with E-state index in [0.29, 0.717) is 0 Å². The molecule has 2 rings (SSSR count). The second-order valence-electron chi connectivity index (χ2n) is 4.68. The van der Waals surface area contributed by atoms with Gasteiger partial charge in [0.05, 0.1) is 12.7 Å². The first-order valence-electron chi connectivity index (χ1n) is 6.22. The Labute approximate surface area is 116 Å². The normalized spacial score (nSPS) is 18.5. The highest BCUT2D eigenvalue weighted by Crippen LogP contribution is 2.28. The van der Waals surface area contributed by atoms with Gasteiger partial charge >= 0.3 is 0 Å². The molecule has 0 heterocycles. The first-order chi connectivity index (χ1) is 8.29. The lowest BCUT2D eigenvalue weighted by Crippen LogP contribution is -2.12. The zero-order chi connectivity index (χ0) is 12.1. The average molecular weight is 348 g/mol. The molecule has 1 aromatic carbocycles. The Balaban J connectivity index is 1.89. The van der Waals surface area contributed by atoms with Crippen LogP contribution in [0, 0.1) is 11.7 Å². The predicted molar refractivity (Wildman–Crippen MR) is 75.9 cm³/mol. The van der Waals surface area contributed by atoms with Gasteiger partial charge in [-0.05, 0) is 36.5 Å². The van der Waals surface area contributed by atoms with Gasteiger partial charge in [-0.1, -0.05) is 47.6 Å². The van der Waals surface area contributed by atoms with Gasteiger partial charge in [-0.3, -0.25) is 0 Å². The second kappa shape index (κ2) is 6.69. The van der Waals surface area contributed by atoms with Crippen LogP contribution in [-0.2, 0) is 4.74 Å². The van der Waals surface area contributed by atoms with Crippen LogP contribution in [0.4, 0.5) is 4.39 Å². The van der Waals surface area contributed by atoms with Crippen molar-refractivity contribution in [3.8, 4) is 0 Å². The smallest absolute Gasteiger partial charge is 0.123 e. The second-order valence-corrected chi connectivity index (χ2v) is 5.56. The zero-order valence-electron chi connectivity index (χ0n) is 9.87. The van der Waals surface area contributed by atoms with Crippen molar-refractivity contribution in [2.45, 2.75) is 31.8 Å². The lowest BCUT2D eigenvalue weighted by atomic mass is 10.1. The molecule has 0 radical (unpaired) electrons. The fourth-order valence-electron chi connectivity index (χ4n) is 2.34. The van der Waals surface area contributed by atoms with E-state index in [2.05, 4.69) is 22.6 Å². The summed E-state index contributed by atoms with van der Waals surface area (Å²) in [4.78, 5) is 0. The van der Waals surface area contributed by atoms with Gasteiger partial charge in [-0.2, -0.15) is 0 Å². The Kier molecular flexibility index (Phi) is 5.22. The van der Waals surface area contributed by atoms with Crippen molar-refractivity contribution in [1.82, 2.24) is 0 Å². The maximum atomic E-state index is 12.8. The highest BCUT2D eigenvalue weighted by Gasteiger charge is 2.18. The average Bonchev–Trinajstić information content (AvgIpc) is 2.85. The minimum Gasteiger partial charge on any atom is -0.372 e. The largest absolute Gasteiger partial charge is 0.372 e. The van der Waals surface area contributed by atoms with Crippen LogP contribution in [0.1, 0.15) is 37.4 Å². The first kappa shape index (κ1) is 13.3. The molecule has 1 atom stereocenters. The van der Waals surface area contributed by atoms with E-state index in [0.717, 1.165) is 22.5 Å². The molecular weight excluding hydrogens is 330 g/mol. The molecule has 1 aliphatic carbocycles. The van der Waals surface area contributed by atoms with E-state index in [-0.39, 0.29) is 11.9 Å². The van der Waals surface area contributed by atoms with E-state index in [9.17, 15) is 4.39 Å². The Morgan fingerprint density at radius 3 is 2.47 bits per heavy atom. The fraction of sp³-hybridized carbons (Fsp3) is 0.571. The van der Waals surface area contributed by atoms with E-state index in [1.54, 1.807) is 0 Å². The van der Waals surface area contributed by atoms with Gasteiger partial charge < -0.3 is 4.74 Å². The molecule has 0 spiro atoms. The van der Waals surface area contributed by atoms with E-state index >= 15 is 0 Å². The molecule has 3 heteroatoms. The molecule has 1 aliphatic rings. The third kappa shape index (κ3) is 3.91. The van der Waals surface area contributed by atoms with E-state index < -0.39 is 0 Å².